The number of aliphatic hydroxyl groups excluding tert-OH is 1. The van der Waals surface area contributed by atoms with Gasteiger partial charge in [0.25, 0.3) is 0 Å². The standard InChI is InChI=1S/C30H40O5/c1-19-14-22-11-10-20(2)25(13-12-24-16-23(31)17-27(32)34-24)28(22)26(15-19)35-29(33)30(3,4)18-21-8-6-5-7-9-21/h5-11,14,19-20,23-26,28,31H,12-13,15-18H2,1-4H3/t19-,20-,23+,24+,25-,26-,28-/m0/s1. The van der Waals surface area contributed by atoms with Gasteiger partial charge < -0.3 is 14.6 Å². The number of hydrogen-bond acceptors (Lipinski definition) is 5. The number of rotatable bonds is 7. The molecule has 7 atom stereocenters. The van der Waals surface area contributed by atoms with Crippen molar-refractivity contribution in [2.75, 3.05) is 0 Å². The number of benzene rings is 1. The Morgan fingerprint density at radius 2 is 1.89 bits per heavy atom. The average Bonchev–Trinajstić information content (AvgIpc) is 2.78. The van der Waals surface area contributed by atoms with Crippen LogP contribution in [0, 0.1) is 29.1 Å². The number of carbonyl (C=O) groups excluding carboxylic acids is 2. The molecular weight excluding hydrogens is 440 g/mol. The first-order chi connectivity index (χ1) is 16.6. The molecule has 0 aromatic heterocycles. The van der Waals surface area contributed by atoms with E-state index in [1.54, 1.807) is 0 Å². The molecule has 0 unspecified atom stereocenters. The van der Waals surface area contributed by atoms with Crippen LogP contribution in [0.4, 0.5) is 0 Å². The van der Waals surface area contributed by atoms with Crippen LogP contribution in [0.25, 0.3) is 0 Å². The van der Waals surface area contributed by atoms with Crippen LogP contribution in [0.2, 0.25) is 0 Å². The monoisotopic (exact) mass is 480 g/mol. The highest BCUT2D eigenvalue weighted by Crippen LogP contribution is 2.45. The lowest BCUT2D eigenvalue weighted by atomic mass is 9.65. The molecule has 35 heavy (non-hydrogen) atoms. The fourth-order valence-electron chi connectivity index (χ4n) is 6.11. The Kier molecular flexibility index (Phi) is 7.85. The fourth-order valence-corrected chi connectivity index (χ4v) is 6.11. The molecule has 5 heteroatoms. The van der Waals surface area contributed by atoms with Crippen molar-refractivity contribution in [3.8, 4) is 0 Å². The highest BCUT2D eigenvalue weighted by atomic mass is 16.6. The number of esters is 2. The molecule has 1 fully saturated rings. The quantitative estimate of drug-likeness (QED) is 0.528. The van der Waals surface area contributed by atoms with E-state index in [0.29, 0.717) is 31.1 Å². The largest absolute Gasteiger partial charge is 0.462 e. The Morgan fingerprint density at radius 1 is 1.14 bits per heavy atom. The van der Waals surface area contributed by atoms with Crippen LogP contribution in [-0.4, -0.2) is 35.4 Å². The van der Waals surface area contributed by atoms with Crippen LogP contribution in [0.1, 0.15) is 65.4 Å². The maximum atomic E-state index is 13.4. The molecule has 4 rings (SSSR count). The van der Waals surface area contributed by atoms with E-state index in [9.17, 15) is 14.7 Å². The van der Waals surface area contributed by atoms with Crippen LogP contribution < -0.4 is 0 Å². The number of hydrogen-bond donors (Lipinski definition) is 1. The molecule has 2 aliphatic carbocycles. The number of aliphatic hydroxyl groups is 1. The summed E-state index contributed by atoms with van der Waals surface area (Å²) in [5.41, 5.74) is 1.76. The second kappa shape index (κ2) is 10.7. The van der Waals surface area contributed by atoms with E-state index in [1.807, 2.05) is 32.0 Å². The predicted octanol–water partition coefficient (Wildman–Crippen LogP) is 5.42. The van der Waals surface area contributed by atoms with Gasteiger partial charge in [-0.05, 0) is 68.4 Å². The summed E-state index contributed by atoms with van der Waals surface area (Å²) >= 11 is 0. The lowest BCUT2D eigenvalue weighted by Crippen LogP contribution is -2.43. The van der Waals surface area contributed by atoms with Crippen molar-refractivity contribution in [2.24, 2.45) is 29.1 Å². The maximum Gasteiger partial charge on any atom is 0.312 e. The molecule has 1 heterocycles. The van der Waals surface area contributed by atoms with Crippen LogP contribution >= 0.6 is 0 Å². The summed E-state index contributed by atoms with van der Waals surface area (Å²) in [6.45, 7) is 8.34. The van der Waals surface area contributed by atoms with E-state index in [0.717, 1.165) is 18.4 Å². The third-order valence-corrected chi connectivity index (χ3v) is 7.95. The molecule has 190 valence electrons. The Balaban J connectivity index is 1.48. The number of fused-ring (bicyclic) bond motifs is 1. The molecule has 0 spiro atoms. The van der Waals surface area contributed by atoms with Gasteiger partial charge in [0, 0.05) is 12.3 Å². The van der Waals surface area contributed by atoms with Gasteiger partial charge in [0.15, 0.2) is 0 Å². The molecule has 3 aliphatic rings. The molecule has 5 nitrogen and oxygen atoms in total. The van der Waals surface area contributed by atoms with Crippen LogP contribution in [0.3, 0.4) is 0 Å². The normalized spacial score (nSPS) is 32.9. The molecule has 0 amide bonds. The average molecular weight is 481 g/mol. The van der Waals surface area contributed by atoms with E-state index in [4.69, 9.17) is 9.47 Å². The summed E-state index contributed by atoms with van der Waals surface area (Å²) in [4.78, 5) is 25.2. The van der Waals surface area contributed by atoms with Gasteiger partial charge in [0.2, 0.25) is 0 Å². The van der Waals surface area contributed by atoms with Gasteiger partial charge in [-0.15, -0.1) is 0 Å². The zero-order valence-electron chi connectivity index (χ0n) is 21.5. The van der Waals surface area contributed by atoms with E-state index in [1.165, 1.54) is 5.57 Å². The Bertz CT molecular complexity index is 962. The SMILES string of the molecule is C[C@H]1C=C2C=C[C@H](C)[C@H](CC[C@@H]3C[C@@H](O)CC(=O)O3)[C@H]2[C@@H](OC(=O)C(C)(C)Cc2ccccc2)C1. The molecule has 1 aromatic carbocycles. The van der Waals surface area contributed by atoms with E-state index < -0.39 is 11.5 Å². The summed E-state index contributed by atoms with van der Waals surface area (Å²) in [6, 6.07) is 10.1. The predicted molar refractivity (Wildman–Crippen MR) is 135 cm³/mol. The molecule has 1 saturated heterocycles. The number of cyclic esters (lactones) is 1. The first-order valence-electron chi connectivity index (χ1n) is 13.1. The van der Waals surface area contributed by atoms with Crippen molar-refractivity contribution in [2.45, 2.75) is 84.5 Å². The summed E-state index contributed by atoms with van der Waals surface area (Å²) < 4.78 is 11.8. The van der Waals surface area contributed by atoms with Gasteiger partial charge in [-0.3, -0.25) is 9.59 Å². The van der Waals surface area contributed by atoms with Crippen molar-refractivity contribution >= 4 is 11.9 Å². The summed E-state index contributed by atoms with van der Waals surface area (Å²) in [6.07, 6.45) is 9.36. The number of allylic oxidation sites excluding steroid dienone is 3. The second-order valence-electron chi connectivity index (χ2n) is 11.6. The Morgan fingerprint density at radius 3 is 2.60 bits per heavy atom. The third-order valence-electron chi connectivity index (χ3n) is 7.95. The van der Waals surface area contributed by atoms with Gasteiger partial charge in [0.05, 0.1) is 17.9 Å². The van der Waals surface area contributed by atoms with Gasteiger partial charge in [-0.25, -0.2) is 0 Å². The highest BCUT2D eigenvalue weighted by Gasteiger charge is 2.43. The van der Waals surface area contributed by atoms with Crippen molar-refractivity contribution in [3.63, 3.8) is 0 Å². The Labute approximate surface area is 209 Å². The smallest absolute Gasteiger partial charge is 0.312 e. The van der Waals surface area contributed by atoms with Crippen LogP contribution in [-0.2, 0) is 25.5 Å². The minimum atomic E-state index is -0.621. The number of ether oxygens (including phenoxy) is 2. The maximum absolute atomic E-state index is 13.4. The summed E-state index contributed by atoms with van der Waals surface area (Å²) in [5, 5.41) is 10.0. The number of carbonyl (C=O) groups is 2. The summed E-state index contributed by atoms with van der Waals surface area (Å²) in [7, 11) is 0. The van der Waals surface area contributed by atoms with E-state index >= 15 is 0 Å². The van der Waals surface area contributed by atoms with Crippen LogP contribution in [0.15, 0.2) is 54.1 Å². The minimum absolute atomic E-state index is 0.0866. The van der Waals surface area contributed by atoms with Crippen molar-refractivity contribution in [3.05, 3.63) is 59.7 Å². The van der Waals surface area contributed by atoms with Gasteiger partial charge in [-0.2, -0.15) is 0 Å². The molecular formula is C30H40O5. The minimum Gasteiger partial charge on any atom is -0.462 e. The fraction of sp³-hybridized carbons (Fsp3) is 0.600. The zero-order chi connectivity index (χ0) is 25.2. The van der Waals surface area contributed by atoms with Gasteiger partial charge >= 0.3 is 11.9 Å². The molecule has 1 aliphatic heterocycles. The van der Waals surface area contributed by atoms with Crippen molar-refractivity contribution < 1.29 is 24.2 Å². The Hall–Kier alpha value is -2.40. The molecule has 0 saturated carbocycles. The first-order valence-corrected chi connectivity index (χ1v) is 13.1. The molecule has 1 N–H and O–H groups in total. The lowest BCUT2D eigenvalue weighted by molar-refractivity contribution is -0.165. The topological polar surface area (TPSA) is 72.8 Å². The van der Waals surface area contributed by atoms with Gasteiger partial charge in [-0.1, -0.05) is 62.4 Å². The first kappa shape index (κ1) is 25.7. The highest BCUT2D eigenvalue weighted by molar-refractivity contribution is 5.76. The lowest BCUT2D eigenvalue weighted by Gasteiger charge is -2.44. The summed E-state index contributed by atoms with van der Waals surface area (Å²) in [5.74, 6) is 0.617. The molecule has 1 aromatic rings. The van der Waals surface area contributed by atoms with Crippen molar-refractivity contribution in [1.29, 1.82) is 0 Å². The molecule has 0 bridgehead atoms. The molecule has 0 radical (unpaired) electrons. The van der Waals surface area contributed by atoms with Crippen LogP contribution in [0.5, 0.6) is 0 Å². The van der Waals surface area contributed by atoms with E-state index in [-0.39, 0.29) is 42.4 Å². The van der Waals surface area contributed by atoms with Crippen molar-refractivity contribution in [1.82, 2.24) is 0 Å². The third kappa shape index (κ3) is 6.24. The van der Waals surface area contributed by atoms with Gasteiger partial charge in [0.1, 0.15) is 12.2 Å². The zero-order valence-corrected chi connectivity index (χ0v) is 21.5. The van der Waals surface area contributed by atoms with E-state index in [2.05, 4.69) is 44.2 Å². The second-order valence-corrected chi connectivity index (χ2v) is 11.6.